The Morgan fingerprint density at radius 3 is 2.77 bits per heavy atom. The van der Waals surface area contributed by atoms with Crippen LogP contribution in [-0.4, -0.2) is 54.0 Å². The molecule has 1 saturated carbocycles. The second kappa shape index (κ2) is 6.89. The highest BCUT2D eigenvalue weighted by molar-refractivity contribution is 5.30. The third kappa shape index (κ3) is 3.39. The summed E-state index contributed by atoms with van der Waals surface area (Å²) in [5.41, 5.74) is 1.10. The summed E-state index contributed by atoms with van der Waals surface area (Å²) >= 11 is 0. The number of nitrogens with one attached hydrogen (secondary N) is 1. The third-order valence-electron chi connectivity index (χ3n) is 4.98. The monoisotopic (exact) mass is 306 g/mol. The summed E-state index contributed by atoms with van der Waals surface area (Å²) in [6, 6.07) is 0.372. The van der Waals surface area contributed by atoms with E-state index in [1.807, 2.05) is 12.4 Å². The molecule has 2 aliphatic rings. The number of morpholine rings is 1. The minimum Gasteiger partial charge on any atom is -0.396 e. The van der Waals surface area contributed by atoms with E-state index in [0.717, 1.165) is 57.2 Å². The molecule has 0 unspecified atom stereocenters. The van der Waals surface area contributed by atoms with Crippen LogP contribution in [0, 0.1) is 5.41 Å². The summed E-state index contributed by atoms with van der Waals surface area (Å²) in [4.78, 5) is 11.1. The maximum Gasteiger partial charge on any atom is 0.225 e. The van der Waals surface area contributed by atoms with Crippen molar-refractivity contribution in [2.24, 2.45) is 5.41 Å². The van der Waals surface area contributed by atoms with Crippen LogP contribution in [0.5, 0.6) is 0 Å². The lowest BCUT2D eigenvalue weighted by atomic mass is 9.86. The highest BCUT2D eigenvalue weighted by Gasteiger charge is 2.37. The Hall–Kier alpha value is -1.24. The zero-order chi connectivity index (χ0) is 15.4. The Bertz CT molecular complexity index is 476. The zero-order valence-electron chi connectivity index (χ0n) is 13.3. The van der Waals surface area contributed by atoms with E-state index in [9.17, 15) is 5.11 Å². The molecule has 1 aromatic heterocycles. The Morgan fingerprint density at radius 2 is 2.09 bits per heavy atom. The third-order valence-corrected chi connectivity index (χ3v) is 4.98. The number of nitrogens with zero attached hydrogens (tertiary/aromatic N) is 3. The molecule has 0 spiro atoms. The molecule has 122 valence electrons. The van der Waals surface area contributed by atoms with Gasteiger partial charge in [-0.15, -0.1) is 0 Å². The molecule has 2 fully saturated rings. The molecule has 6 nitrogen and oxygen atoms in total. The van der Waals surface area contributed by atoms with Crippen molar-refractivity contribution in [3.05, 3.63) is 18.0 Å². The Balaban J connectivity index is 1.55. The fraction of sp³-hybridized carbons (Fsp3) is 0.750. The summed E-state index contributed by atoms with van der Waals surface area (Å²) < 4.78 is 5.34. The van der Waals surface area contributed by atoms with Gasteiger partial charge in [-0.2, -0.15) is 0 Å². The van der Waals surface area contributed by atoms with Gasteiger partial charge in [0.15, 0.2) is 0 Å². The van der Waals surface area contributed by atoms with Crippen molar-refractivity contribution < 1.29 is 9.84 Å². The average Bonchev–Trinajstić information content (AvgIpc) is 2.96. The van der Waals surface area contributed by atoms with Gasteiger partial charge in [-0.05, 0) is 12.8 Å². The van der Waals surface area contributed by atoms with Crippen LogP contribution in [0.1, 0.15) is 31.7 Å². The number of ether oxygens (including phenoxy) is 1. The molecule has 0 radical (unpaired) electrons. The summed E-state index contributed by atoms with van der Waals surface area (Å²) in [7, 11) is 0. The van der Waals surface area contributed by atoms with E-state index >= 15 is 0 Å². The molecule has 0 bridgehead atoms. The Labute approximate surface area is 131 Å². The predicted molar refractivity (Wildman–Crippen MR) is 84.7 cm³/mol. The topological polar surface area (TPSA) is 70.5 Å². The van der Waals surface area contributed by atoms with Crippen LogP contribution >= 0.6 is 0 Å². The van der Waals surface area contributed by atoms with E-state index in [1.54, 1.807) is 0 Å². The van der Waals surface area contributed by atoms with Gasteiger partial charge < -0.3 is 20.1 Å². The van der Waals surface area contributed by atoms with Crippen molar-refractivity contribution in [2.45, 2.75) is 38.8 Å². The first kappa shape index (κ1) is 15.6. The predicted octanol–water partition coefficient (Wildman–Crippen LogP) is 0.954. The first-order valence-electron chi connectivity index (χ1n) is 8.19. The second-order valence-electron chi connectivity index (χ2n) is 6.63. The van der Waals surface area contributed by atoms with Crippen LogP contribution in [0.4, 0.5) is 5.95 Å². The van der Waals surface area contributed by atoms with Gasteiger partial charge in [0.2, 0.25) is 5.95 Å². The molecule has 3 rings (SSSR count). The van der Waals surface area contributed by atoms with Crippen LogP contribution in [0.25, 0.3) is 0 Å². The van der Waals surface area contributed by atoms with Crippen LogP contribution in [0.2, 0.25) is 0 Å². The fourth-order valence-corrected chi connectivity index (χ4v) is 3.38. The van der Waals surface area contributed by atoms with Gasteiger partial charge in [0.05, 0.1) is 13.2 Å². The molecular formula is C16H26N4O2. The van der Waals surface area contributed by atoms with Crippen molar-refractivity contribution in [2.75, 3.05) is 37.8 Å². The van der Waals surface area contributed by atoms with Gasteiger partial charge >= 0.3 is 0 Å². The van der Waals surface area contributed by atoms with Gasteiger partial charge in [0.1, 0.15) is 0 Å². The van der Waals surface area contributed by atoms with Gasteiger partial charge in [0, 0.05) is 55.7 Å². The van der Waals surface area contributed by atoms with E-state index in [2.05, 4.69) is 27.1 Å². The number of hydrogen-bond donors (Lipinski definition) is 2. The lowest BCUT2D eigenvalue weighted by Crippen LogP contribution is -2.41. The van der Waals surface area contributed by atoms with Crippen molar-refractivity contribution in [1.29, 1.82) is 0 Å². The first-order chi connectivity index (χ1) is 10.7. The molecule has 1 aliphatic carbocycles. The molecule has 1 aromatic rings. The number of aliphatic hydroxyl groups is 1. The van der Waals surface area contributed by atoms with Gasteiger partial charge in [-0.3, -0.25) is 0 Å². The number of aromatic nitrogens is 2. The fourth-order valence-electron chi connectivity index (χ4n) is 3.38. The van der Waals surface area contributed by atoms with Crippen LogP contribution in [0.15, 0.2) is 12.4 Å². The van der Waals surface area contributed by atoms with Gasteiger partial charge in [-0.1, -0.05) is 13.3 Å². The molecule has 2 heterocycles. The van der Waals surface area contributed by atoms with Crippen molar-refractivity contribution in [3.63, 3.8) is 0 Å². The van der Waals surface area contributed by atoms with Gasteiger partial charge in [0.25, 0.3) is 0 Å². The zero-order valence-corrected chi connectivity index (χ0v) is 13.3. The largest absolute Gasteiger partial charge is 0.396 e. The minimum atomic E-state index is 0.00853. The molecule has 1 aliphatic heterocycles. The van der Waals surface area contributed by atoms with Crippen molar-refractivity contribution in [1.82, 2.24) is 15.3 Å². The Morgan fingerprint density at radius 1 is 1.36 bits per heavy atom. The Kier molecular flexibility index (Phi) is 4.90. The molecular weight excluding hydrogens is 280 g/mol. The molecule has 1 saturated heterocycles. The normalized spacial score (nSPS) is 29.0. The molecule has 2 atom stereocenters. The molecule has 0 amide bonds. The maximum absolute atomic E-state index is 9.59. The summed E-state index contributed by atoms with van der Waals surface area (Å²) in [6.45, 7) is 6.36. The number of rotatable bonds is 5. The minimum absolute atomic E-state index is 0.00853. The maximum atomic E-state index is 9.59. The lowest BCUT2D eigenvalue weighted by Gasteiger charge is -2.30. The van der Waals surface area contributed by atoms with E-state index in [-0.39, 0.29) is 12.0 Å². The average molecular weight is 306 g/mol. The van der Waals surface area contributed by atoms with Crippen molar-refractivity contribution >= 4 is 5.95 Å². The van der Waals surface area contributed by atoms with E-state index < -0.39 is 0 Å². The lowest BCUT2D eigenvalue weighted by molar-refractivity contribution is 0.118. The molecule has 0 aromatic carbocycles. The van der Waals surface area contributed by atoms with Crippen molar-refractivity contribution in [3.8, 4) is 0 Å². The number of aliphatic hydroxyl groups excluding tert-OH is 1. The molecule has 2 N–H and O–H groups in total. The van der Waals surface area contributed by atoms with E-state index in [1.165, 1.54) is 6.42 Å². The second-order valence-corrected chi connectivity index (χ2v) is 6.63. The van der Waals surface area contributed by atoms with E-state index in [0.29, 0.717) is 6.04 Å². The highest BCUT2D eigenvalue weighted by atomic mass is 16.5. The van der Waals surface area contributed by atoms with Gasteiger partial charge in [-0.25, -0.2) is 9.97 Å². The summed E-state index contributed by atoms with van der Waals surface area (Å²) in [5, 5.41) is 13.2. The van der Waals surface area contributed by atoms with Crippen LogP contribution in [-0.2, 0) is 11.3 Å². The summed E-state index contributed by atoms with van der Waals surface area (Å²) in [5.74, 6) is 0.785. The highest BCUT2D eigenvalue weighted by Crippen LogP contribution is 2.37. The quantitative estimate of drug-likeness (QED) is 0.844. The SMILES string of the molecule is C[C@]1(CO)CCC[C@H]1NCc1cnc(N2CCOCC2)nc1. The van der Waals surface area contributed by atoms with Crippen LogP contribution in [0.3, 0.4) is 0 Å². The first-order valence-corrected chi connectivity index (χ1v) is 8.19. The van der Waals surface area contributed by atoms with Crippen LogP contribution < -0.4 is 10.2 Å². The standard InChI is InChI=1S/C16H26N4O2/c1-16(12-21)4-2-3-14(16)17-9-13-10-18-15(19-11-13)20-5-7-22-8-6-20/h10-11,14,17,21H,2-9,12H2,1H3/t14-,16-/m1/s1. The van der Waals surface area contributed by atoms with E-state index in [4.69, 9.17) is 4.74 Å². The number of anilines is 1. The molecule has 22 heavy (non-hydrogen) atoms. The smallest absolute Gasteiger partial charge is 0.225 e. The number of hydrogen-bond acceptors (Lipinski definition) is 6. The molecule has 6 heteroatoms. The summed E-state index contributed by atoms with van der Waals surface area (Å²) in [6.07, 6.45) is 7.20.